The van der Waals surface area contributed by atoms with Crippen LogP contribution in [0.3, 0.4) is 0 Å². The number of hydrogen-bond acceptors (Lipinski definition) is 5. The highest BCUT2D eigenvalue weighted by Gasteiger charge is 2.27. The van der Waals surface area contributed by atoms with Gasteiger partial charge >= 0.3 is 0 Å². The van der Waals surface area contributed by atoms with Crippen molar-refractivity contribution in [1.82, 2.24) is 5.32 Å². The maximum absolute atomic E-state index is 12.7. The summed E-state index contributed by atoms with van der Waals surface area (Å²) in [5.41, 5.74) is 0. The summed E-state index contributed by atoms with van der Waals surface area (Å²) < 4.78 is 32.7. The van der Waals surface area contributed by atoms with E-state index < -0.39 is 40.0 Å². The van der Waals surface area contributed by atoms with Gasteiger partial charge in [-0.25, -0.2) is 0 Å². The molecule has 1 amide bonds. The summed E-state index contributed by atoms with van der Waals surface area (Å²) in [6.07, 6.45) is 59.0. The molecule has 0 aromatic heterocycles. The van der Waals surface area contributed by atoms with Crippen molar-refractivity contribution in [3.8, 4) is 0 Å². The first kappa shape index (κ1) is 58.3. The highest BCUT2D eigenvalue weighted by atomic mass is 32.2. The maximum Gasteiger partial charge on any atom is 0.267 e. The first-order valence-electron chi connectivity index (χ1n) is 25.4. The van der Waals surface area contributed by atoms with Crippen LogP contribution in [-0.2, 0) is 14.9 Å². The molecule has 0 bridgehead atoms. The van der Waals surface area contributed by atoms with Crippen LogP contribution in [0.2, 0.25) is 0 Å². The molecule has 0 aliphatic heterocycles. The Hall–Kier alpha value is -1.74. The smallest absolute Gasteiger partial charge is 0.267 e. The van der Waals surface area contributed by atoms with Crippen molar-refractivity contribution in [2.24, 2.45) is 0 Å². The number of carbonyl (C=O) groups is 1. The first-order valence-corrected chi connectivity index (χ1v) is 27.1. The molecule has 3 atom stereocenters. The van der Waals surface area contributed by atoms with Gasteiger partial charge in [0.2, 0.25) is 5.91 Å². The van der Waals surface area contributed by atoms with Gasteiger partial charge in [-0.15, -0.1) is 0 Å². The molecule has 0 fully saturated rings. The molecule has 0 aliphatic carbocycles. The van der Waals surface area contributed by atoms with Gasteiger partial charge in [-0.3, -0.25) is 9.35 Å². The Balaban J connectivity index is 3.98. The zero-order valence-corrected chi connectivity index (χ0v) is 40.0. The Labute approximate surface area is 372 Å². The number of nitrogens with one attached hydrogen (secondary N) is 1. The van der Waals surface area contributed by atoms with E-state index in [0.29, 0.717) is 12.8 Å². The van der Waals surface area contributed by atoms with Crippen LogP contribution in [0.4, 0.5) is 0 Å². The van der Waals surface area contributed by atoms with Crippen LogP contribution >= 0.6 is 0 Å². The fourth-order valence-corrected chi connectivity index (χ4v) is 8.40. The van der Waals surface area contributed by atoms with Gasteiger partial charge in [0, 0.05) is 0 Å². The summed E-state index contributed by atoms with van der Waals surface area (Å²) in [6.45, 7) is 4.54. The summed E-state index contributed by atoms with van der Waals surface area (Å²) in [7, 11) is -4.46. The lowest BCUT2D eigenvalue weighted by Gasteiger charge is -2.22. The van der Waals surface area contributed by atoms with Crippen LogP contribution < -0.4 is 5.32 Å². The Morgan fingerprint density at radius 2 is 0.750 bits per heavy atom. The fraction of sp³-hybridized carbons (Fsp3) is 0.827. The molecule has 8 heteroatoms. The fourth-order valence-electron chi connectivity index (χ4n) is 7.66. The third-order valence-electron chi connectivity index (χ3n) is 11.6. The van der Waals surface area contributed by atoms with Crippen molar-refractivity contribution >= 4 is 16.0 Å². The predicted octanol–water partition coefficient (Wildman–Crippen LogP) is 14.8. The third kappa shape index (κ3) is 44.3. The van der Waals surface area contributed by atoms with Gasteiger partial charge in [0.15, 0.2) is 0 Å². The summed E-state index contributed by atoms with van der Waals surface area (Å²) >= 11 is 0. The minimum absolute atomic E-state index is 0.264. The molecule has 60 heavy (non-hydrogen) atoms. The second kappa shape index (κ2) is 45.3. The number of rotatable bonds is 46. The molecule has 0 saturated heterocycles. The van der Waals surface area contributed by atoms with E-state index in [1.807, 2.05) is 0 Å². The summed E-state index contributed by atoms with van der Waals surface area (Å²) in [5.74, 6) is -1.57. The molecule has 0 aromatic rings. The van der Waals surface area contributed by atoms with E-state index in [9.17, 15) is 28.0 Å². The standard InChI is InChI=1S/C52H97NO6S/c1-3-5-7-9-11-13-15-17-19-21-23-25-27-29-31-33-35-37-39-41-43-45-47-51(55)52(56)53-49(48-60(57,58)59)50(54)46-44-42-40-38-36-34-32-30-28-26-24-22-20-18-16-14-12-10-8-6-4-2/h28-31,36,38,44,46,49-51,54-55H,3-27,32-35,37,39-43,45,47-48H2,1-2H3,(H,53,56)(H,57,58,59)/b30-28+,31-29-,38-36+,46-44+. The normalized spacial score (nSPS) is 14.0. The maximum atomic E-state index is 12.7. The Morgan fingerprint density at radius 1 is 0.450 bits per heavy atom. The van der Waals surface area contributed by atoms with E-state index >= 15 is 0 Å². The SMILES string of the molecule is CCCCCCCCCCCCC/C=C/CC/C=C/CC/C=C/C(O)C(CS(=O)(=O)O)NC(=O)C(O)CCCCCCCC/C=C\CCCCCCCCCCCCCC. The average molecular weight is 864 g/mol. The van der Waals surface area contributed by atoms with E-state index in [1.165, 1.54) is 173 Å². The van der Waals surface area contributed by atoms with Gasteiger partial charge in [-0.2, -0.15) is 8.42 Å². The quantitative estimate of drug-likeness (QED) is 0.0274. The molecule has 0 saturated carbocycles. The zero-order valence-electron chi connectivity index (χ0n) is 39.2. The average Bonchev–Trinajstić information content (AvgIpc) is 3.22. The number of unbranched alkanes of at least 4 members (excludes halogenated alkanes) is 31. The molecule has 0 aromatic carbocycles. The van der Waals surface area contributed by atoms with E-state index in [4.69, 9.17) is 0 Å². The third-order valence-corrected chi connectivity index (χ3v) is 12.3. The van der Waals surface area contributed by atoms with Crippen LogP contribution in [0.25, 0.3) is 0 Å². The topological polar surface area (TPSA) is 124 Å². The van der Waals surface area contributed by atoms with Gasteiger partial charge in [0.25, 0.3) is 10.1 Å². The molecular weight excluding hydrogens is 767 g/mol. The van der Waals surface area contributed by atoms with E-state index in [2.05, 4.69) is 55.6 Å². The molecule has 352 valence electrons. The van der Waals surface area contributed by atoms with E-state index in [0.717, 1.165) is 51.4 Å². The van der Waals surface area contributed by atoms with E-state index in [-0.39, 0.29) is 6.42 Å². The highest BCUT2D eigenvalue weighted by Crippen LogP contribution is 2.15. The minimum atomic E-state index is -4.46. The van der Waals surface area contributed by atoms with Crippen LogP contribution in [0, 0.1) is 0 Å². The monoisotopic (exact) mass is 864 g/mol. The number of aliphatic hydroxyl groups excluding tert-OH is 2. The molecule has 0 aliphatic rings. The molecule has 0 rings (SSSR count). The second-order valence-corrected chi connectivity index (χ2v) is 19.1. The highest BCUT2D eigenvalue weighted by molar-refractivity contribution is 7.85. The molecular formula is C52H97NO6S. The number of allylic oxidation sites excluding steroid dienone is 7. The molecule has 7 nitrogen and oxygen atoms in total. The van der Waals surface area contributed by atoms with Gasteiger partial charge in [-0.1, -0.05) is 229 Å². The number of amides is 1. The summed E-state index contributed by atoms with van der Waals surface area (Å²) in [4.78, 5) is 12.7. The van der Waals surface area contributed by atoms with Crippen LogP contribution in [0.1, 0.15) is 251 Å². The lowest BCUT2D eigenvalue weighted by atomic mass is 10.0. The van der Waals surface area contributed by atoms with Crippen LogP contribution in [-0.4, -0.2) is 53.1 Å². The number of aliphatic hydroxyl groups is 2. The minimum Gasteiger partial charge on any atom is -0.387 e. The summed E-state index contributed by atoms with van der Waals surface area (Å²) in [5, 5.41) is 23.5. The van der Waals surface area contributed by atoms with Gasteiger partial charge < -0.3 is 15.5 Å². The zero-order chi connectivity index (χ0) is 44.0. The number of carbonyl (C=O) groups excluding carboxylic acids is 1. The predicted molar refractivity (Wildman–Crippen MR) is 259 cm³/mol. The van der Waals surface area contributed by atoms with Crippen molar-refractivity contribution < 1.29 is 28.0 Å². The second-order valence-electron chi connectivity index (χ2n) is 17.6. The Bertz CT molecular complexity index is 1150. The first-order chi connectivity index (χ1) is 29.2. The molecule has 4 N–H and O–H groups in total. The van der Waals surface area contributed by atoms with Crippen molar-refractivity contribution in [2.45, 2.75) is 270 Å². The Morgan fingerprint density at radius 3 is 1.10 bits per heavy atom. The molecule has 0 radical (unpaired) electrons. The van der Waals surface area contributed by atoms with Crippen molar-refractivity contribution in [1.29, 1.82) is 0 Å². The van der Waals surface area contributed by atoms with Crippen LogP contribution in [0.5, 0.6) is 0 Å². The summed E-state index contributed by atoms with van der Waals surface area (Å²) in [6, 6.07) is -1.26. The van der Waals surface area contributed by atoms with Gasteiger partial charge in [-0.05, 0) is 70.6 Å². The number of hydrogen-bond donors (Lipinski definition) is 4. The van der Waals surface area contributed by atoms with Crippen LogP contribution in [0.15, 0.2) is 48.6 Å². The molecule has 0 heterocycles. The lowest BCUT2D eigenvalue weighted by Crippen LogP contribution is -2.50. The van der Waals surface area contributed by atoms with Gasteiger partial charge in [0.05, 0.1) is 17.9 Å². The van der Waals surface area contributed by atoms with Gasteiger partial charge in [0.1, 0.15) is 6.10 Å². The largest absolute Gasteiger partial charge is 0.387 e. The van der Waals surface area contributed by atoms with E-state index in [1.54, 1.807) is 6.08 Å². The van der Waals surface area contributed by atoms with Crippen molar-refractivity contribution in [2.75, 3.05) is 5.75 Å². The molecule has 0 spiro atoms. The van der Waals surface area contributed by atoms with Crippen molar-refractivity contribution in [3.63, 3.8) is 0 Å². The molecule has 3 unspecified atom stereocenters. The Kier molecular flexibility index (Phi) is 44.0. The van der Waals surface area contributed by atoms with Crippen molar-refractivity contribution in [3.05, 3.63) is 48.6 Å². The lowest BCUT2D eigenvalue weighted by molar-refractivity contribution is -0.130.